The molecule has 6 nitrogen and oxygen atoms in total. The van der Waals surface area contributed by atoms with Gasteiger partial charge in [-0.2, -0.15) is 0 Å². The summed E-state index contributed by atoms with van der Waals surface area (Å²) in [5.74, 6) is -0.857. The quantitative estimate of drug-likeness (QED) is 0.0261. The second kappa shape index (κ2) is 58.2. The molecule has 0 aliphatic heterocycles. The summed E-state index contributed by atoms with van der Waals surface area (Å²) in [5, 5.41) is 0. The highest BCUT2D eigenvalue weighted by molar-refractivity contribution is 5.71. The maximum absolute atomic E-state index is 12.9. The van der Waals surface area contributed by atoms with Crippen LogP contribution < -0.4 is 0 Å². The zero-order valence-electron chi connectivity index (χ0n) is 46.3. The van der Waals surface area contributed by atoms with E-state index in [1.165, 1.54) is 212 Å². The van der Waals surface area contributed by atoms with Gasteiger partial charge in [-0.05, 0) is 57.8 Å². The van der Waals surface area contributed by atoms with Gasteiger partial charge < -0.3 is 14.2 Å². The number of rotatable bonds is 56. The highest BCUT2D eigenvalue weighted by atomic mass is 16.6. The largest absolute Gasteiger partial charge is 0.462 e. The van der Waals surface area contributed by atoms with Gasteiger partial charge >= 0.3 is 17.9 Å². The number of unbranched alkanes of at least 4 members (excludes halogenated alkanes) is 39. The molecule has 0 aromatic rings. The molecule has 69 heavy (non-hydrogen) atoms. The molecule has 0 fully saturated rings. The van der Waals surface area contributed by atoms with E-state index in [0.29, 0.717) is 19.3 Å². The van der Waals surface area contributed by atoms with Crippen LogP contribution in [0.4, 0.5) is 0 Å². The van der Waals surface area contributed by atoms with E-state index in [1.54, 1.807) is 0 Å². The standard InChI is InChI=1S/C63H116O6/c1-4-7-10-13-16-19-22-24-26-28-29-30-31-32-33-35-36-38-41-44-47-50-53-56-62(65)68-59-60(58-67-61(64)55-52-49-46-43-40-21-18-15-12-9-6-3)69-63(66)57-54-51-48-45-42-39-37-34-27-25-23-20-17-14-11-8-5-2/h22,24,28-29,31-32,60H,4-21,23,25-27,30,33-59H2,1-3H3/b24-22-,29-28-,32-31-. The third-order valence-corrected chi connectivity index (χ3v) is 13.6. The van der Waals surface area contributed by atoms with Gasteiger partial charge in [-0.1, -0.05) is 288 Å². The molecule has 6 heteroatoms. The lowest BCUT2D eigenvalue weighted by atomic mass is 10.0. The van der Waals surface area contributed by atoms with Crippen LogP contribution in [0.15, 0.2) is 36.5 Å². The summed E-state index contributed by atoms with van der Waals surface area (Å²) in [6.45, 7) is 6.66. The van der Waals surface area contributed by atoms with Crippen molar-refractivity contribution in [2.45, 2.75) is 335 Å². The van der Waals surface area contributed by atoms with Gasteiger partial charge in [0.25, 0.3) is 0 Å². The summed E-state index contributed by atoms with van der Waals surface area (Å²) in [4.78, 5) is 38.2. The van der Waals surface area contributed by atoms with Crippen LogP contribution in [0, 0.1) is 0 Å². The minimum absolute atomic E-state index is 0.0694. The summed E-state index contributed by atoms with van der Waals surface area (Å²) in [5.41, 5.74) is 0. The highest BCUT2D eigenvalue weighted by Gasteiger charge is 2.19. The van der Waals surface area contributed by atoms with Crippen molar-refractivity contribution in [3.05, 3.63) is 36.5 Å². The fourth-order valence-electron chi connectivity index (χ4n) is 9.04. The summed E-state index contributed by atoms with van der Waals surface area (Å²) >= 11 is 0. The Labute approximate surface area is 429 Å². The third kappa shape index (κ3) is 56.4. The van der Waals surface area contributed by atoms with Gasteiger partial charge in [-0.3, -0.25) is 14.4 Å². The monoisotopic (exact) mass is 969 g/mol. The maximum Gasteiger partial charge on any atom is 0.306 e. The van der Waals surface area contributed by atoms with E-state index in [1.807, 2.05) is 0 Å². The summed E-state index contributed by atoms with van der Waals surface area (Å²) in [7, 11) is 0. The Morgan fingerprint density at radius 3 is 0.812 bits per heavy atom. The van der Waals surface area contributed by atoms with Crippen LogP contribution in [0.5, 0.6) is 0 Å². The number of allylic oxidation sites excluding steroid dienone is 6. The molecule has 0 radical (unpaired) electrons. The fraction of sp³-hybridized carbons (Fsp3) is 0.857. The van der Waals surface area contributed by atoms with Crippen LogP contribution in [0.3, 0.4) is 0 Å². The molecule has 0 saturated heterocycles. The third-order valence-electron chi connectivity index (χ3n) is 13.6. The fourth-order valence-corrected chi connectivity index (χ4v) is 9.04. The van der Waals surface area contributed by atoms with Crippen molar-refractivity contribution in [3.63, 3.8) is 0 Å². The molecular formula is C63H116O6. The molecule has 0 aliphatic carbocycles. The number of carbonyl (C=O) groups is 3. The lowest BCUT2D eigenvalue weighted by molar-refractivity contribution is -0.167. The van der Waals surface area contributed by atoms with Crippen LogP contribution in [-0.4, -0.2) is 37.2 Å². The van der Waals surface area contributed by atoms with Crippen molar-refractivity contribution in [1.82, 2.24) is 0 Å². The first kappa shape index (κ1) is 66.6. The molecule has 0 aromatic heterocycles. The molecule has 0 spiro atoms. The average molecular weight is 970 g/mol. The first-order valence-electron chi connectivity index (χ1n) is 30.5. The highest BCUT2D eigenvalue weighted by Crippen LogP contribution is 2.17. The Balaban J connectivity index is 4.27. The van der Waals surface area contributed by atoms with E-state index >= 15 is 0 Å². The smallest absolute Gasteiger partial charge is 0.306 e. The van der Waals surface area contributed by atoms with Crippen LogP contribution in [0.2, 0.25) is 0 Å². The molecule has 0 N–H and O–H groups in total. The number of carbonyl (C=O) groups excluding carboxylic acids is 3. The van der Waals surface area contributed by atoms with Crippen LogP contribution in [0.1, 0.15) is 329 Å². The van der Waals surface area contributed by atoms with E-state index in [4.69, 9.17) is 14.2 Å². The van der Waals surface area contributed by atoms with Gasteiger partial charge in [-0.15, -0.1) is 0 Å². The normalized spacial score (nSPS) is 12.2. The second-order valence-corrected chi connectivity index (χ2v) is 20.6. The Morgan fingerprint density at radius 1 is 0.290 bits per heavy atom. The maximum atomic E-state index is 12.9. The number of hydrogen-bond acceptors (Lipinski definition) is 6. The predicted octanol–water partition coefficient (Wildman–Crippen LogP) is 20.4. The Kier molecular flexibility index (Phi) is 56.2. The van der Waals surface area contributed by atoms with Gasteiger partial charge in [0.15, 0.2) is 6.10 Å². The molecule has 404 valence electrons. The Bertz CT molecular complexity index is 1160. The van der Waals surface area contributed by atoms with Crippen molar-refractivity contribution in [2.75, 3.05) is 13.2 Å². The number of hydrogen-bond donors (Lipinski definition) is 0. The molecule has 0 aliphatic rings. The topological polar surface area (TPSA) is 78.9 Å². The predicted molar refractivity (Wildman–Crippen MR) is 298 cm³/mol. The molecular weight excluding hydrogens is 853 g/mol. The van der Waals surface area contributed by atoms with E-state index in [0.717, 1.165) is 77.0 Å². The molecule has 1 atom stereocenters. The van der Waals surface area contributed by atoms with Gasteiger partial charge in [0.2, 0.25) is 0 Å². The molecule has 0 amide bonds. The molecule has 1 unspecified atom stereocenters. The first-order chi connectivity index (χ1) is 34.0. The van der Waals surface area contributed by atoms with Gasteiger partial charge in [0.05, 0.1) is 0 Å². The Morgan fingerprint density at radius 2 is 0.522 bits per heavy atom. The van der Waals surface area contributed by atoms with Gasteiger partial charge in [0.1, 0.15) is 13.2 Å². The minimum Gasteiger partial charge on any atom is -0.462 e. The van der Waals surface area contributed by atoms with Crippen LogP contribution in [0.25, 0.3) is 0 Å². The average Bonchev–Trinajstić information content (AvgIpc) is 3.35. The molecule has 0 bridgehead atoms. The summed E-state index contributed by atoms with van der Waals surface area (Å²) < 4.78 is 16.9. The second-order valence-electron chi connectivity index (χ2n) is 20.6. The van der Waals surface area contributed by atoms with Crippen molar-refractivity contribution < 1.29 is 28.6 Å². The zero-order valence-corrected chi connectivity index (χ0v) is 46.3. The summed E-state index contributed by atoms with van der Waals surface area (Å²) in [6.07, 6.45) is 70.0. The minimum atomic E-state index is -0.770. The molecule has 0 rings (SSSR count). The van der Waals surface area contributed by atoms with Crippen LogP contribution in [-0.2, 0) is 28.6 Å². The zero-order chi connectivity index (χ0) is 50.0. The van der Waals surface area contributed by atoms with Crippen molar-refractivity contribution in [2.24, 2.45) is 0 Å². The number of ether oxygens (including phenoxy) is 3. The summed E-state index contributed by atoms with van der Waals surface area (Å²) in [6, 6.07) is 0. The lowest BCUT2D eigenvalue weighted by Gasteiger charge is -2.18. The van der Waals surface area contributed by atoms with Crippen LogP contribution >= 0.6 is 0 Å². The first-order valence-corrected chi connectivity index (χ1v) is 30.5. The van der Waals surface area contributed by atoms with Crippen molar-refractivity contribution in [3.8, 4) is 0 Å². The molecule has 0 saturated carbocycles. The molecule has 0 aromatic carbocycles. The molecule has 0 heterocycles. The van der Waals surface area contributed by atoms with E-state index in [-0.39, 0.29) is 31.1 Å². The van der Waals surface area contributed by atoms with Crippen molar-refractivity contribution >= 4 is 17.9 Å². The lowest BCUT2D eigenvalue weighted by Crippen LogP contribution is -2.30. The SMILES string of the molecule is CCCCCCC/C=C\C/C=C\C/C=C\CCCCCCCCCCC(=O)OCC(COC(=O)CCCCCCCCCCCCC)OC(=O)CCCCCCCCCCCCCCCCCCC. The van der Waals surface area contributed by atoms with E-state index < -0.39 is 6.10 Å². The van der Waals surface area contributed by atoms with Crippen molar-refractivity contribution in [1.29, 1.82) is 0 Å². The van der Waals surface area contributed by atoms with E-state index in [9.17, 15) is 14.4 Å². The van der Waals surface area contributed by atoms with Gasteiger partial charge in [0, 0.05) is 19.3 Å². The van der Waals surface area contributed by atoms with E-state index in [2.05, 4.69) is 57.2 Å². The van der Waals surface area contributed by atoms with Gasteiger partial charge in [-0.25, -0.2) is 0 Å². The number of esters is 3. The Hall–Kier alpha value is -2.37.